The summed E-state index contributed by atoms with van der Waals surface area (Å²) in [5.41, 5.74) is 1.21. The predicted octanol–water partition coefficient (Wildman–Crippen LogP) is 2.74. The summed E-state index contributed by atoms with van der Waals surface area (Å²) in [4.78, 5) is 6.88. The smallest absolute Gasteiger partial charge is 0.0416 e. The number of rotatable bonds is 4. The van der Waals surface area contributed by atoms with E-state index in [-0.39, 0.29) is 0 Å². The van der Waals surface area contributed by atoms with E-state index in [1.54, 1.807) is 0 Å². The number of likely N-dealkylation sites (N-methyl/N-ethyl adjacent to an activating group) is 1. The maximum Gasteiger partial charge on any atom is 0.0416 e. The molecule has 0 aliphatic heterocycles. The SMILES string of the molecule is CC1CCC(N(C)CCc2ccccn2)C1. The Morgan fingerprint density at radius 1 is 1.38 bits per heavy atom. The maximum absolute atomic E-state index is 4.37. The normalized spacial score (nSPS) is 25.2. The second kappa shape index (κ2) is 5.44. The zero-order chi connectivity index (χ0) is 11.4. The molecule has 1 aromatic rings. The van der Waals surface area contributed by atoms with E-state index in [0.717, 1.165) is 24.9 Å². The fourth-order valence-electron chi connectivity index (χ4n) is 2.60. The highest BCUT2D eigenvalue weighted by molar-refractivity contribution is 5.03. The molecule has 0 aromatic carbocycles. The van der Waals surface area contributed by atoms with E-state index in [4.69, 9.17) is 0 Å². The summed E-state index contributed by atoms with van der Waals surface area (Å²) in [6.07, 6.45) is 7.10. The number of pyridine rings is 1. The minimum Gasteiger partial charge on any atom is -0.303 e. The lowest BCUT2D eigenvalue weighted by molar-refractivity contribution is 0.243. The Hall–Kier alpha value is -0.890. The van der Waals surface area contributed by atoms with Gasteiger partial charge in [0, 0.05) is 30.9 Å². The molecule has 2 atom stereocenters. The Bertz CT molecular complexity index is 310. The van der Waals surface area contributed by atoms with E-state index < -0.39 is 0 Å². The number of aromatic nitrogens is 1. The minimum atomic E-state index is 0.804. The van der Waals surface area contributed by atoms with Gasteiger partial charge in [-0.2, -0.15) is 0 Å². The fraction of sp³-hybridized carbons (Fsp3) is 0.643. The molecule has 0 N–H and O–H groups in total. The van der Waals surface area contributed by atoms with E-state index in [2.05, 4.69) is 36.0 Å². The van der Waals surface area contributed by atoms with Crippen molar-refractivity contribution in [3.63, 3.8) is 0 Å². The molecule has 1 fully saturated rings. The first-order chi connectivity index (χ1) is 7.75. The van der Waals surface area contributed by atoms with E-state index in [1.165, 1.54) is 25.0 Å². The van der Waals surface area contributed by atoms with Crippen molar-refractivity contribution >= 4 is 0 Å². The molecule has 1 heterocycles. The van der Waals surface area contributed by atoms with Crippen molar-refractivity contribution < 1.29 is 0 Å². The summed E-state index contributed by atoms with van der Waals surface area (Å²) in [5, 5.41) is 0. The van der Waals surface area contributed by atoms with Gasteiger partial charge in [0.1, 0.15) is 0 Å². The number of hydrogen-bond acceptors (Lipinski definition) is 2. The lowest BCUT2D eigenvalue weighted by atomic mass is 10.1. The summed E-state index contributed by atoms with van der Waals surface area (Å²) in [6, 6.07) is 6.97. The maximum atomic E-state index is 4.37. The molecule has 1 saturated carbocycles. The molecule has 0 saturated heterocycles. The Morgan fingerprint density at radius 2 is 2.25 bits per heavy atom. The second-order valence-electron chi connectivity index (χ2n) is 5.12. The minimum absolute atomic E-state index is 0.804. The predicted molar refractivity (Wildman–Crippen MR) is 67.4 cm³/mol. The summed E-state index contributed by atoms with van der Waals surface area (Å²) < 4.78 is 0. The van der Waals surface area contributed by atoms with Gasteiger partial charge in [0.2, 0.25) is 0 Å². The van der Waals surface area contributed by atoms with Gasteiger partial charge in [-0.05, 0) is 44.4 Å². The zero-order valence-electron chi connectivity index (χ0n) is 10.4. The van der Waals surface area contributed by atoms with Crippen LogP contribution >= 0.6 is 0 Å². The van der Waals surface area contributed by atoms with Crippen LogP contribution in [0.5, 0.6) is 0 Å². The van der Waals surface area contributed by atoms with Crippen molar-refractivity contribution in [1.82, 2.24) is 9.88 Å². The van der Waals surface area contributed by atoms with Gasteiger partial charge in [-0.15, -0.1) is 0 Å². The van der Waals surface area contributed by atoms with Crippen LogP contribution in [0.1, 0.15) is 31.9 Å². The summed E-state index contributed by atoms with van der Waals surface area (Å²) in [6.45, 7) is 3.50. The van der Waals surface area contributed by atoms with Gasteiger partial charge in [0.15, 0.2) is 0 Å². The number of hydrogen-bond donors (Lipinski definition) is 0. The average Bonchev–Trinajstić information content (AvgIpc) is 2.74. The highest BCUT2D eigenvalue weighted by Crippen LogP contribution is 2.27. The van der Waals surface area contributed by atoms with Crippen molar-refractivity contribution in [1.29, 1.82) is 0 Å². The summed E-state index contributed by atoms with van der Waals surface area (Å²) >= 11 is 0. The molecule has 1 aromatic heterocycles. The van der Waals surface area contributed by atoms with Crippen LogP contribution in [0.4, 0.5) is 0 Å². The molecule has 2 rings (SSSR count). The van der Waals surface area contributed by atoms with Crippen molar-refractivity contribution in [2.24, 2.45) is 5.92 Å². The molecular weight excluding hydrogens is 196 g/mol. The Labute approximate surface area is 98.7 Å². The summed E-state index contributed by atoms with van der Waals surface area (Å²) in [7, 11) is 2.26. The molecule has 2 nitrogen and oxygen atoms in total. The zero-order valence-corrected chi connectivity index (χ0v) is 10.4. The quantitative estimate of drug-likeness (QED) is 0.772. The van der Waals surface area contributed by atoms with E-state index in [0.29, 0.717) is 0 Å². The third-order valence-electron chi connectivity index (χ3n) is 3.74. The van der Waals surface area contributed by atoms with E-state index >= 15 is 0 Å². The van der Waals surface area contributed by atoms with Crippen LogP contribution in [0, 0.1) is 5.92 Å². The molecule has 0 bridgehead atoms. The largest absolute Gasteiger partial charge is 0.303 e. The lowest BCUT2D eigenvalue weighted by Gasteiger charge is -2.24. The summed E-state index contributed by atoms with van der Waals surface area (Å²) in [5.74, 6) is 0.919. The van der Waals surface area contributed by atoms with Crippen LogP contribution in [0.25, 0.3) is 0 Å². The van der Waals surface area contributed by atoms with Crippen LogP contribution in [-0.4, -0.2) is 29.5 Å². The lowest BCUT2D eigenvalue weighted by Crippen LogP contribution is -2.31. The van der Waals surface area contributed by atoms with Crippen molar-refractivity contribution in [2.75, 3.05) is 13.6 Å². The average molecular weight is 218 g/mol. The van der Waals surface area contributed by atoms with Crippen LogP contribution in [-0.2, 0) is 6.42 Å². The Morgan fingerprint density at radius 3 is 2.88 bits per heavy atom. The van der Waals surface area contributed by atoms with Crippen molar-refractivity contribution in [3.8, 4) is 0 Å². The first kappa shape index (κ1) is 11.6. The van der Waals surface area contributed by atoms with Crippen molar-refractivity contribution in [2.45, 2.75) is 38.6 Å². The second-order valence-corrected chi connectivity index (χ2v) is 5.12. The van der Waals surface area contributed by atoms with E-state index in [1.807, 2.05) is 12.3 Å². The number of nitrogens with zero attached hydrogens (tertiary/aromatic N) is 2. The first-order valence-electron chi connectivity index (χ1n) is 6.36. The van der Waals surface area contributed by atoms with Gasteiger partial charge in [0.05, 0.1) is 0 Å². The topological polar surface area (TPSA) is 16.1 Å². The molecule has 0 spiro atoms. The third-order valence-corrected chi connectivity index (χ3v) is 3.74. The van der Waals surface area contributed by atoms with Gasteiger partial charge in [0.25, 0.3) is 0 Å². The molecule has 0 radical (unpaired) electrons. The van der Waals surface area contributed by atoms with Crippen LogP contribution < -0.4 is 0 Å². The molecular formula is C14H22N2. The fourth-order valence-corrected chi connectivity index (χ4v) is 2.60. The standard InChI is InChI=1S/C14H22N2/c1-12-6-7-14(11-12)16(2)10-8-13-5-3-4-9-15-13/h3-5,9,12,14H,6-8,10-11H2,1-2H3. The highest BCUT2D eigenvalue weighted by atomic mass is 15.1. The Kier molecular flexibility index (Phi) is 3.94. The third kappa shape index (κ3) is 3.05. The molecule has 2 heteroatoms. The van der Waals surface area contributed by atoms with Gasteiger partial charge in [-0.3, -0.25) is 4.98 Å². The molecule has 1 aliphatic carbocycles. The van der Waals surface area contributed by atoms with Gasteiger partial charge in [-0.1, -0.05) is 13.0 Å². The van der Waals surface area contributed by atoms with Gasteiger partial charge >= 0.3 is 0 Å². The van der Waals surface area contributed by atoms with Crippen LogP contribution in [0.15, 0.2) is 24.4 Å². The van der Waals surface area contributed by atoms with Crippen LogP contribution in [0.2, 0.25) is 0 Å². The van der Waals surface area contributed by atoms with Crippen molar-refractivity contribution in [3.05, 3.63) is 30.1 Å². The highest BCUT2D eigenvalue weighted by Gasteiger charge is 2.24. The molecule has 1 aliphatic rings. The molecule has 88 valence electrons. The van der Waals surface area contributed by atoms with Gasteiger partial charge < -0.3 is 4.90 Å². The molecule has 2 unspecified atom stereocenters. The first-order valence-corrected chi connectivity index (χ1v) is 6.36. The monoisotopic (exact) mass is 218 g/mol. The van der Waals surface area contributed by atoms with Gasteiger partial charge in [-0.25, -0.2) is 0 Å². The molecule has 0 amide bonds. The van der Waals surface area contributed by atoms with Crippen LogP contribution in [0.3, 0.4) is 0 Å². The Balaban J connectivity index is 1.78. The van der Waals surface area contributed by atoms with E-state index in [9.17, 15) is 0 Å². The molecule has 16 heavy (non-hydrogen) atoms.